The van der Waals surface area contributed by atoms with Crippen LogP contribution in [0.5, 0.6) is 5.75 Å². The van der Waals surface area contributed by atoms with Crippen molar-refractivity contribution in [2.45, 2.75) is 20.0 Å². The van der Waals surface area contributed by atoms with Crippen LogP contribution in [0.1, 0.15) is 19.4 Å². The minimum absolute atomic E-state index is 0.129. The largest absolute Gasteiger partial charge is 0.490 e. The van der Waals surface area contributed by atoms with Gasteiger partial charge in [0.25, 0.3) is 0 Å². The highest BCUT2D eigenvalue weighted by molar-refractivity contribution is 5.75. The molecule has 0 bridgehead atoms. The summed E-state index contributed by atoms with van der Waals surface area (Å²) < 4.78 is 5.56. The molecule has 0 spiro atoms. The lowest BCUT2D eigenvalue weighted by molar-refractivity contribution is 0.242. The molecule has 0 aliphatic rings. The summed E-state index contributed by atoms with van der Waals surface area (Å²) in [5.74, 6) is 0.786. The Bertz CT molecular complexity index is 327. The van der Waals surface area contributed by atoms with E-state index in [1.54, 1.807) is 12.4 Å². The Morgan fingerprint density at radius 1 is 1.36 bits per heavy atom. The highest BCUT2D eigenvalue weighted by Gasteiger charge is 2.01. The monoisotopic (exact) mass is 189 g/mol. The van der Waals surface area contributed by atoms with Gasteiger partial charge in [0.05, 0.1) is 6.10 Å². The molecular weight excluding hydrogens is 176 g/mol. The lowest BCUT2D eigenvalue weighted by atomic mass is 10.2. The number of hydrogen-bond acceptors (Lipinski definition) is 2. The Morgan fingerprint density at radius 2 is 2.07 bits per heavy atom. The lowest BCUT2D eigenvalue weighted by Gasteiger charge is -2.11. The summed E-state index contributed by atoms with van der Waals surface area (Å²) in [5, 5.41) is 0. The van der Waals surface area contributed by atoms with Crippen molar-refractivity contribution in [3.8, 4) is 5.75 Å². The Balaban J connectivity index is 2.90. The van der Waals surface area contributed by atoms with E-state index in [0.717, 1.165) is 11.3 Å². The maximum Gasteiger partial charge on any atom is 0.225 e. The van der Waals surface area contributed by atoms with E-state index in [0.29, 0.717) is 0 Å². The number of benzene rings is 1. The fraction of sp³-hybridized carbons (Fsp3) is 0.250. The molecule has 1 radical (unpaired) electrons. The first-order valence-electron chi connectivity index (χ1n) is 4.54. The average Bonchev–Trinajstić information content (AvgIpc) is 2.16. The van der Waals surface area contributed by atoms with Crippen LogP contribution in [-0.2, 0) is 4.79 Å². The first-order chi connectivity index (χ1) is 6.74. The van der Waals surface area contributed by atoms with E-state index in [2.05, 4.69) is 0 Å². The van der Waals surface area contributed by atoms with Crippen molar-refractivity contribution in [1.82, 2.24) is 0 Å². The van der Waals surface area contributed by atoms with Gasteiger partial charge >= 0.3 is 0 Å². The fourth-order valence-corrected chi connectivity index (χ4v) is 1.10. The fourth-order valence-electron chi connectivity index (χ4n) is 1.10. The molecule has 14 heavy (non-hydrogen) atoms. The quantitative estimate of drug-likeness (QED) is 0.680. The summed E-state index contributed by atoms with van der Waals surface area (Å²) in [4.78, 5) is 10.1. The number of para-hydroxylation sites is 1. The van der Waals surface area contributed by atoms with Crippen molar-refractivity contribution >= 4 is 12.4 Å². The molecule has 1 aromatic carbocycles. The zero-order valence-electron chi connectivity index (χ0n) is 8.36. The molecule has 0 aliphatic carbocycles. The van der Waals surface area contributed by atoms with Gasteiger partial charge in [0, 0.05) is 5.56 Å². The van der Waals surface area contributed by atoms with Gasteiger partial charge in [-0.05, 0) is 32.1 Å². The standard InChI is InChI=1S/C12H13O2/c1-10(2)14-12-8-4-3-6-11(12)7-5-9-13/h3-8,10H,1-2H3. The Hall–Kier alpha value is -1.57. The maximum absolute atomic E-state index is 10.1. The number of hydrogen-bond donors (Lipinski definition) is 0. The summed E-state index contributed by atoms with van der Waals surface area (Å²) in [6, 6.07) is 7.58. The van der Waals surface area contributed by atoms with Crippen LogP contribution in [0.15, 0.2) is 30.3 Å². The van der Waals surface area contributed by atoms with Crippen LogP contribution >= 0.6 is 0 Å². The Labute approximate surface area is 84.2 Å². The molecule has 0 aromatic heterocycles. The first-order valence-corrected chi connectivity index (χ1v) is 4.54. The van der Waals surface area contributed by atoms with Gasteiger partial charge in [-0.2, -0.15) is 0 Å². The third kappa shape index (κ3) is 3.05. The van der Waals surface area contributed by atoms with E-state index in [9.17, 15) is 4.79 Å². The third-order valence-corrected chi connectivity index (χ3v) is 1.61. The van der Waals surface area contributed by atoms with Gasteiger partial charge in [-0.1, -0.05) is 18.2 Å². The highest BCUT2D eigenvalue weighted by atomic mass is 16.5. The minimum atomic E-state index is 0.129. The van der Waals surface area contributed by atoms with Gasteiger partial charge in [0.2, 0.25) is 6.29 Å². The summed E-state index contributed by atoms with van der Waals surface area (Å²) in [6.45, 7) is 3.93. The van der Waals surface area contributed by atoms with Crippen LogP contribution in [-0.4, -0.2) is 12.4 Å². The number of ether oxygens (including phenoxy) is 1. The Kier molecular flexibility index (Phi) is 3.92. The normalized spacial score (nSPS) is 10.8. The molecule has 73 valence electrons. The number of carbonyl (C=O) groups excluding carboxylic acids is 1. The molecule has 0 saturated heterocycles. The van der Waals surface area contributed by atoms with Gasteiger partial charge in [0.1, 0.15) is 5.75 Å². The van der Waals surface area contributed by atoms with Crippen molar-refractivity contribution in [1.29, 1.82) is 0 Å². The molecule has 0 N–H and O–H groups in total. The summed E-state index contributed by atoms with van der Waals surface area (Å²) in [5.41, 5.74) is 0.893. The van der Waals surface area contributed by atoms with E-state index in [-0.39, 0.29) is 6.10 Å². The topological polar surface area (TPSA) is 26.3 Å². The van der Waals surface area contributed by atoms with Crippen molar-refractivity contribution in [3.05, 3.63) is 35.9 Å². The van der Waals surface area contributed by atoms with Crippen molar-refractivity contribution in [2.75, 3.05) is 0 Å². The molecule has 1 aromatic rings. The van der Waals surface area contributed by atoms with Crippen LogP contribution in [0.2, 0.25) is 0 Å². The zero-order chi connectivity index (χ0) is 10.4. The first kappa shape index (κ1) is 10.5. The molecule has 2 nitrogen and oxygen atoms in total. The van der Waals surface area contributed by atoms with E-state index >= 15 is 0 Å². The molecule has 0 heterocycles. The van der Waals surface area contributed by atoms with Crippen LogP contribution in [0, 0.1) is 0 Å². The predicted molar refractivity (Wildman–Crippen MR) is 56.9 cm³/mol. The molecule has 0 unspecified atom stereocenters. The maximum atomic E-state index is 10.1. The van der Waals surface area contributed by atoms with E-state index < -0.39 is 0 Å². The molecule has 0 aliphatic heterocycles. The van der Waals surface area contributed by atoms with Gasteiger partial charge in [-0.15, -0.1) is 0 Å². The second-order valence-electron chi connectivity index (χ2n) is 3.16. The predicted octanol–water partition coefficient (Wildman–Crippen LogP) is 2.60. The van der Waals surface area contributed by atoms with E-state index in [4.69, 9.17) is 4.74 Å². The van der Waals surface area contributed by atoms with Crippen LogP contribution in [0.4, 0.5) is 0 Å². The van der Waals surface area contributed by atoms with Gasteiger partial charge in [0.15, 0.2) is 0 Å². The van der Waals surface area contributed by atoms with Crippen molar-refractivity contribution < 1.29 is 9.53 Å². The van der Waals surface area contributed by atoms with Crippen molar-refractivity contribution in [3.63, 3.8) is 0 Å². The Morgan fingerprint density at radius 3 is 2.71 bits per heavy atom. The molecule has 2 heteroatoms. The molecule has 0 amide bonds. The average molecular weight is 189 g/mol. The second-order valence-corrected chi connectivity index (χ2v) is 3.16. The molecular formula is C12H13O2. The molecule has 0 fully saturated rings. The van der Waals surface area contributed by atoms with Gasteiger partial charge in [-0.3, -0.25) is 4.79 Å². The smallest absolute Gasteiger partial charge is 0.225 e. The zero-order valence-corrected chi connectivity index (χ0v) is 8.36. The minimum Gasteiger partial charge on any atom is -0.490 e. The summed E-state index contributed by atoms with van der Waals surface area (Å²) >= 11 is 0. The third-order valence-electron chi connectivity index (χ3n) is 1.61. The highest BCUT2D eigenvalue weighted by Crippen LogP contribution is 2.20. The number of rotatable bonds is 4. The summed E-state index contributed by atoms with van der Waals surface area (Å²) in [6.07, 6.45) is 4.86. The van der Waals surface area contributed by atoms with Crippen LogP contribution in [0.3, 0.4) is 0 Å². The van der Waals surface area contributed by atoms with Crippen molar-refractivity contribution in [2.24, 2.45) is 0 Å². The SMILES string of the molecule is CC(C)Oc1ccccc1C=C[C]=O. The molecule has 1 rings (SSSR count). The van der Waals surface area contributed by atoms with Gasteiger partial charge < -0.3 is 4.74 Å². The van der Waals surface area contributed by atoms with E-state index in [1.165, 1.54) is 6.08 Å². The summed E-state index contributed by atoms with van der Waals surface area (Å²) in [7, 11) is 0. The molecule has 0 saturated carbocycles. The van der Waals surface area contributed by atoms with E-state index in [1.807, 2.05) is 38.1 Å². The van der Waals surface area contributed by atoms with Gasteiger partial charge in [-0.25, -0.2) is 0 Å². The number of allylic oxidation sites excluding steroid dienone is 1. The lowest BCUT2D eigenvalue weighted by Crippen LogP contribution is -2.06. The second kappa shape index (κ2) is 5.22. The van der Waals surface area contributed by atoms with Crippen LogP contribution < -0.4 is 4.74 Å². The van der Waals surface area contributed by atoms with Crippen LogP contribution in [0.25, 0.3) is 6.08 Å². The molecule has 0 atom stereocenters.